The molecule has 0 atom stereocenters. The van der Waals surface area contributed by atoms with Crippen LogP contribution in [0.25, 0.3) is 0 Å². The molecule has 2 aromatic rings. The summed E-state index contributed by atoms with van der Waals surface area (Å²) in [6.45, 7) is 7.23. The average molecular weight is 389 g/mol. The molecule has 1 aliphatic rings. The van der Waals surface area contributed by atoms with Gasteiger partial charge in [-0.25, -0.2) is 0 Å². The first kappa shape index (κ1) is 17.0. The number of phenols is 1. The molecule has 0 amide bonds. The van der Waals surface area contributed by atoms with Gasteiger partial charge in [-0.2, -0.15) is 5.10 Å². The number of hydrazone groups is 1. The Kier molecular flexibility index (Phi) is 5.53. The van der Waals surface area contributed by atoms with Gasteiger partial charge in [0.2, 0.25) is 0 Å². The van der Waals surface area contributed by atoms with E-state index in [2.05, 4.69) is 57.2 Å². The van der Waals surface area contributed by atoms with Crippen molar-refractivity contribution in [1.82, 2.24) is 5.01 Å². The third kappa shape index (κ3) is 4.58. The lowest BCUT2D eigenvalue weighted by molar-refractivity contribution is -0.918. The Morgan fingerprint density at radius 1 is 1.17 bits per heavy atom. The number of benzene rings is 2. The van der Waals surface area contributed by atoms with E-state index in [0.29, 0.717) is 0 Å². The third-order valence-corrected chi connectivity index (χ3v) is 4.86. The third-order valence-electron chi connectivity index (χ3n) is 4.37. The Hall–Kier alpha value is -1.85. The molecule has 0 radical (unpaired) electrons. The standard InChI is InChI=1S/C19H22BrN3O/c1-15-2-4-16(5-3-15)14-22-8-10-23(11-9-22)21-13-17-12-18(20)6-7-19(17)24/h2-7,12-13,24H,8-11,14H2,1H3/p+1/b21-13+. The summed E-state index contributed by atoms with van der Waals surface area (Å²) in [5.74, 6) is 0.255. The van der Waals surface area contributed by atoms with Crippen LogP contribution in [0, 0.1) is 6.92 Å². The lowest BCUT2D eigenvalue weighted by Crippen LogP contribution is -3.13. The smallest absolute Gasteiger partial charge is 0.124 e. The molecule has 2 N–H and O–H groups in total. The second-order valence-electron chi connectivity index (χ2n) is 6.31. The molecule has 0 bridgehead atoms. The van der Waals surface area contributed by atoms with Gasteiger partial charge < -0.3 is 10.0 Å². The SMILES string of the molecule is Cc1ccc(C[NH+]2CCN(/N=C/c3cc(Br)ccc3O)CC2)cc1. The van der Waals surface area contributed by atoms with Gasteiger partial charge in [-0.1, -0.05) is 45.8 Å². The van der Waals surface area contributed by atoms with Gasteiger partial charge in [0.15, 0.2) is 0 Å². The zero-order valence-electron chi connectivity index (χ0n) is 13.9. The normalized spacial score (nSPS) is 16.0. The van der Waals surface area contributed by atoms with E-state index in [1.807, 2.05) is 12.1 Å². The van der Waals surface area contributed by atoms with E-state index in [1.54, 1.807) is 17.2 Å². The van der Waals surface area contributed by atoms with Crippen LogP contribution in [-0.4, -0.2) is 42.5 Å². The average Bonchev–Trinajstić information content (AvgIpc) is 2.59. The summed E-state index contributed by atoms with van der Waals surface area (Å²) >= 11 is 3.42. The largest absolute Gasteiger partial charge is 0.507 e. The van der Waals surface area contributed by atoms with E-state index in [9.17, 15) is 5.11 Å². The first-order valence-electron chi connectivity index (χ1n) is 8.27. The van der Waals surface area contributed by atoms with Crippen LogP contribution < -0.4 is 4.90 Å². The molecule has 1 fully saturated rings. The van der Waals surface area contributed by atoms with Crippen molar-refractivity contribution >= 4 is 22.1 Å². The lowest BCUT2D eigenvalue weighted by Gasteiger charge is -2.30. The molecule has 0 aromatic heterocycles. The zero-order valence-corrected chi connectivity index (χ0v) is 15.5. The van der Waals surface area contributed by atoms with Crippen molar-refractivity contribution in [3.05, 3.63) is 63.6 Å². The van der Waals surface area contributed by atoms with Gasteiger partial charge in [-0.05, 0) is 25.1 Å². The maximum absolute atomic E-state index is 9.86. The maximum atomic E-state index is 9.86. The number of hydrogen-bond donors (Lipinski definition) is 2. The van der Waals surface area contributed by atoms with E-state index in [-0.39, 0.29) is 5.75 Å². The Balaban J connectivity index is 1.52. The van der Waals surface area contributed by atoms with Crippen molar-refractivity contribution in [1.29, 1.82) is 0 Å². The van der Waals surface area contributed by atoms with Crippen LogP contribution in [0.5, 0.6) is 5.75 Å². The molecule has 24 heavy (non-hydrogen) atoms. The zero-order chi connectivity index (χ0) is 16.9. The minimum absolute atomic E-state index is 0.255. The van der Waals surface area contributed by atoms with Crippen molar-refractivity contribution in [2.45, 2.75) is 13.5 Å². The van der Waals surface area contributed by atoms with Crippen molar-refractivity contribution in [2.24, 2.45) is 5.10 Å². The second kappa shape index (κ2) is 7.81. The number of quaternary nitrogens is 1. The number of rotatable bonds is 4. The van der Waals surface area contributed by atoms with E-state index in [0.717, 1.165) is 42.8 Å². The molecule has 0 saturated carbocycles. The fraction of sp³-hybridized carbons (Fsp3) is 0.316. The van der Waals surface area contributed by atoms with Gasteiger partial charge in [-0.3, -0.25) is 5.01 Å². The molecule has 1 saturated heterocycles. The molecule has 5 heteroatoms. The molecule has 0 unspecified atom stereocenters. The second-order valence-corrected chi connectivity index (χ2v) is 7.23. The Morgan fingerprint density at radius 2 is 1.88 bits per heavy atom. The van der Waals surface area contributed by atoms with E-state index in [1.165, 1.54) is 11.1 Å². The highest BCUT2D eigenvalue weighted by Gasteiger charge is 2.18. The molecular weight excluding hydrogens is 366 g/mol. The van der Waals surface area contributed by atoms with Gasteiger partial charge in [0.1, 0.15) is 12.3 Å². The molecule has 0 spiro atoms. The molecule has 0 aliphatic carbocycles. The Morgan fingerprint density at radius 3 is 2.58 bits per heavy atom. The first-order chi connectivity index (χ1) is 11.6. The monoisotopic (exact) mass is 388 g/mol. The highest BCUT2D eigenvalue weighted by molar-refractivity contribution is 9.10. The number of hydrogen-bond acceptors (Lipinski definition) is 3. The predicted octanol–water partition coefficient (Wildman–Crippen LogP) is 2.20. The molecule has 1 heterocycles. The van der Waals surface area contributed by atoms with Crippen molar-refractivity contribution in [3.8, 4) is 5.75 Å². The van der Waals surface area contributed by atoms with Crippen LogP contribution in [0.2, 0.25) is 0 Å². The summed E-state index contributed by atoms with van der Waals surface area (Å²) < 4.78 is 0.939. The number of nitrogens with one attached hydrogen (secondary N) is 1. The van der Waals surface area contributed by atoms with Gasteiger partial charge in [0.05, 0.1) is 32.4 Å². The van der Waals surface area contributed by atoms with Gasteiger partial charge in [-0.15, -0.1) is 0 Å². The summed E-state index contributed by atoms with van der Waals surface area (Å²) in [6, 6.07) is 14.2. The predicted molar refractivity (Wildman–Crippen MR) is 101 cm³/mol. The topological polar surface area (TPSA) is 40.3 Å². The van der Waals surface area contributed by atoms with Crippen LogP contribution in [0.15, 0.2) is 52.0 Å². The summed E-state index contributed by atoms with van der Waals surface area (Å²) in [5, 5.41) is 16.5. The van der Waals surface area contributed by atoms with Crippen LogP contribution >= 0.6 is 15.9 Å². The number of aromatic hydroxyl groups is 1. The lowest BCUT2D eigenvalue weighted by atomic mass is 10.1. The molecule has 2 aromatic carbocycles. The minimum atomic E-state index is 0.255. The highest BCUT2D eigenvalue weighted by atomic mass is 79.9. The summed E-state index contributed by atoms with van der Waals surface area (Å²) in [7, 11) is 0. The molecule has 3 rings (SSSR count). The summed E-state index contributed by atoms with van der Waals surface area (Å²) in [6.07, 6.45) is 1.74. The first-order valence-corrected chi connectivity index (χ1v) is 9.06. The van der Waals surface area contributed by atoms with Crippen LogP contribution in [0.3, 0.4) is 0 Å². The summed E-state index contributed by atoms with van der Waals surface area (Å²) in [4.78, 5) is 1.59. The summed E-state index contributed by atoms with van der Waals surface area (Å²) in [5.41, 5.74) is 3.44. The van der Waals surface area contributed by atoms with Crippen LogP contribution in [0.4, 0.5) is 0 Å². The molecular formula is C19H23BrN3O+. The Bertz CT molecular complexity index is 707. The quantitative estimate of drug-likeness (QED) is 0.788. The van der Waals surface area contributed by atoms with Gasteiger partial charge >= 0.3 is 0 Å². The molecule has 126 valence electrons. The fourth-order valence-corrected chi connectivity index (χ4v) is 3.25. The minimum Gasteiger partial charge on any atom is -0.507 e. The molecule has 1 aliphatic heterocycles. The van der Waals surface area contributed by atoms with Crippen molar-refractivity contribution in [2.75, 3.05) is 26.2 Å². The van der Waals surface area contributed by atoms with Crippen LogP contribution in [0.1, 0.15) is 16.7 Å². The highest BCUT2D eigenvalue weighted by Crippen LogP contribution is 2.20. The van der Waals surface area contributed by atoms with Gasteiger partial charge in [0.25, 0.3) is 0 Å². The Labute approximate surface area is 151 Å². The van der Waals surface area contributed by atoms with Crippen molar-refractivity contribution < 1.29 is 10.0 Å². The number of nitrogens with zero attached hydrogens (tertiary/aromatic N) is 2. The van der Waals surface area contributed by atoms with Crippen molar-refractivity contribution in [3.63, 3.8) is 0 Å². The van der Waals surface area contributed by atoms with E-state index < -0.39 is 0 Å². The maximum Gasteiger partial charge on any atom is 0.124 e. The fourth-order valence-electron chi connectivity index (χ4n) is 2.87. The number of phenolic OH excluding ortho intramolecular Hbond substituents is 1. The molecule has 4 nitrogen and oxygen atoms in total. The van der Waals surface area contributed by atoms with Gasteiger partial charge in [0, 0.05) is 15.6 Å². The van der Waals surface area contributed by atoms with Crippen LogP contribution in [-0.2, 0) is 6.54 Å². The van der Waals surface area contributed by atoms with E-state index >= 15 is 0 Å². The number of aryl methyl sites for hydroxylation is 1. The number of piperazine rings is 1. The number of halogens is 1. The van der Waals surface area contributed by atoms with E-state index in [4.69, 9.17) is 0 Å².